The third-order valence-corrected chi connectivity index (χ3v) is 3.85. The molecule has 17 heavy (non-hydrogen) atoms. The van der Waals surface area contributed by atoms with Crippen LogP contribution in [0.15, 0.2) is 6.07 Å². The number of phenolic OH excluding ortho intramolecular Hbond substituents is 1. The lowest BCUT2D eigenvalue weighted by Gasteiger charge is -2.26. The van der Waals surface area contributed by atoms with Crippen molar-refractivity contribution in [2.24, 2.45) is 0 Å². The first kappa shape index (κ1) is 12.5. The molecule has 0 spiro atoms. The van der Waals surface area contributed by atoms with Crippen molar-refractivity contribution in [3.8, 4) is 11.5 Å². The lowest BCUT2D eigenvalue weighted by atomic mass is 9.89. The number of halogens is 1. The molecule has 1 aliphatic heterocycles. The molecule has 1 aliphatic rings. The summed E-state index contributed by atoms with van der Waals surface area (Å²) in [6, 6.07) is 1.78. The molecule has 1 unspecified atom stereocenters. The predicted octanol–water partition coefficient (Wildman–Crippen LogP) is 2.83. The minimum atomic E-state index is 0.191. The fourth-order valence-corrected chi connectivity index (χ4v) is 2.70. The van der Waals surface area contributed by atoms with Crippen LogP contribution < -0.4 is 10.1 Å². The summed E-state index contributed by atoms with van der Waals surface area (Å²) >= 11 is 6.32. The highest BCUT2D eigenvalue weighted by atomic mass is 35.5. The topological polar surface area (TPSA) is 41.5 Å². The summed E-state index contributed by atoms with van der Waals surface area (Å²) in [5.74, 6) is 0.967. The van der Waals surface area contributed by atoms with Crippen LogP contribution in [0.5, 0.6) is 11.5 Å². The lowest BCUT2D eigenvalue weighted by Crippen LogP contribution is -2.28. The molecule has 1 aromatic rings. The zero-order valence-corrected chi connectivity index (χ0v) is 11.0. The third kappa shape index (κ3) is 2.35. The van der Waals surface area contributed by atoms with E-state index in [4.69, 9.17) is 16.3 Å². The summed E-state index contributed by atoms with van der Waals surface area (Å²) in [4.78, 5) is 0. The molecular formula is C13H18ClNO2. The van der Waals surface area contributed by atoms with Crippen LogP contribution in [0.25, 0.3) is 0 Å². The van der Waals surface area contributed by atoms with Gasteiger partial charge in [-0.05, 0) is 37.9 Å². The molecule has 1 saturated heterocycles. The molecule has 0 amide bonds. The highest BCUT2D eigenvalue weighted by Crippen LogP contribution is 2.43. The summed E-state index contributed by atoms with van der Waals surface area (Å²) in [7, 11) is 1.56. The van der Waals surface area contributed by atoms with E-state index >= 15 is 0 Å². The Morgan fingerprint density at radius 2 is 2.29 bits per heavy atom. The molecule has 2 N–H and O–H groups in total. The number of rotatable bonds is 2. The molecule has 94 valence electrons. The first-order valence-electron chi connectivity index (χ1n) is 5.91. The number of methoxy groups -OCH3 is 1. The number of hydrogen-bond acceptors (Lipinski definition) is 3. The van der Waals surface area contributed by atoms with Gasteiger partial charge in [0.2, 0.25) is 0 Å². The van der Waals surface area contributed by atoms with E-state index in [0.717, 1.165) is 37.1 Å². The number of aryl methyl sites for hydroxylation is 1. The Morgan fingerprint density at radius 3 is 2.88 bits per heavy atom. The maximum absolute atomic E-state index is 10.2. The number of benzene rings is 1. The summed E-state index contributed by atoms with van der Waals surface area (Å²) in [6.07, 6.45) is 2.16. The van der Waals surface area contributed by atoms with E-state index in [0.29, 0.717) is 10.8 Å². The summed E-state index contributed by atoms with van der Waals surface area (Å²) in [6.45, 7) is 3.84. The van der Waals surface area contributed by atoms with Crippen LogP contribution in [0, 0.1) is 6.92 Å². The van der Waals surface area contributed by atoms with Crippen LogP contribution in [-0.2, 0) is 0 Å². The van der Waals surface area contributed by atoms with Crippen LogP contribution in [-0.4, -0.2) is 25.3 Å². The minimum Gasteiger partial charge on any atom is -0.504 e. The fourth-order valence-electron chi connectivity index (χ4n) is 2.40. The van der Waals surface area contributed by atoms with Gasteiger partial charge in [-0.25, -0.2) is 0 Å². The van der Waals surface area contributed by atoms with E-state index in [-0.39, 0.29) is 11.7 Å². The molecule has 2 rings (SSSR count). The van der Waals surface area contributed by atoms with Crippen LogP contribution in [0.3, 0.4) is 0 Å². The highest BCUT2D eigenvalue weighted by molar-refractivity contribution is 6.32. The molecule has 0 bridgehead atoms. The lowest BCUT2D eigenvalue weighted by molar-refractivity contribution is 0.363. The summed E-state index contributed by atoms with van der Waals surface area (Å²) in [5.41, 5.74) is 1.78. The number of aromatic hydroxyl groups is 1. The van der Waals surface area contributed by atoms with Crippen molar-refractivity contribution in [1.29, 1.82) is 0 Å². The molecule has 1 heterocycles. The maximum Gasteiger partial charge on any atom is 0.162 e. The standard InChI is InChI=1S/C13H18ClNO2/c1-8-6-10(17-2)13(16)11(12(8)14)9-4-3-5-15-7-9/h6,9,15-16H,3-5,7H2,1-2H3. The van der Waals surface area contributed by atoms with Crippen molar-refractivity contribution >= 4 is 11.6 Å². The Bertz CT molecular complexity index is 414. The van der Waals surface area contributed by atoms with Crippen LogP contribution in [0.4, 0.5) is 0 Å². The first-order valence-corrected chi connectivity index (χ1v) is 6.29. The molecule has 3 nitrogen and oxygen atoms in total. The number of piperidine rings is 1. The van der Waals surface area contributed by atoms with E-state index in [1.165, 1.54) is 0 Å². The second-order valence-corrected chi connectivity index (χ2v) is 4.89. The molecule has 0 aliphatic carbocycles. The number of hydrogen-bond donors (Lipinski definition) is 2. The van der Waals surface area contributed by atoms with Crippen molar-refractivity contribution in [2.75, 3.05) is 20.2 Å². The van der Waals surface area contributed by atoms with Gasteiger partial charge in [-0.15, -0.1) is 0 Å². The van der Waals surface area contributed by atoms with Gasteiger partial charge in [0.1, 0.15) is 0 Å². The van der Waals surface area contributed by atoms with Gasteiger partial charge in [0.25, 0.3) is 0 Å². The molecule has 0 aromatic heterocycles. The van der Waals surface area contributed by atoms with E-state index in [1.807, 2.05) is 6.92 Å². The molecule has 0 radical (unpaired) electrons. The Hall–Kier alpha value is -0.930. The normalized spacial score (nSPS) is 20.3. The van der Waals surface area contributed by atoms with Crippen LogP contribution in [0.1, 0.15) is 29.9 Å². The van der Waals surface area contributed by atoms with Gasteiger partial charge in [0.05, 0.1) is 12.1 Å². The third-order valence-electron chi connectivity index (χ3n) is 3.34. The van der Waals surface area contributed by atoms with E-state index in [1.54, 1.807) is 13.2 Å². The molecule has 0 saturated carbocycles. The number of nitrogens with one attached hydrogen (secondary N) is 1. The van der Waals surface area contributed by atoms with Crippen LogP contribution in [0.2, 0.25) is 5.02 Å². The zero-order chi connectivity index (χ0) is 12.4. The number of phenols is 1. The smallest absolute Gasteiger partial charge is 0.162 e. The van der Waals surface area contributed by atoms with E-state index < -0.39 is 0 Å². The molecule has 1 fully saturated rings. The summed E-state index contributed by atoms with van der Waals surface area (Å²) < 4.78 is 5.18. The van der Waals surface area contributed by atoms with Gasteiger partial charge in [-0.2, -0.15) is 0 Å². The second-order valence-electron chi connectivity index (χ2n) is 4.52. The van der Waals surface area contributed by atoms with Gasteiger partial charge in [-0.3, -0.25) is 0 Å². The highest BCUT2D eigenvalue weighted by Gasteiger charge is 2.24. The maximum atomic E-state index is 10.2. The van der Waals surface area contributed by atoms with Crippen molar-refractivity contribution < 1.29 is 9.84 Å². The SMILES string of the molecule is COc1cc(C)c(Cl)c(C2CCCNC2)c1O. The first-order chi connectivity index (χ1) is 8.15. The summed E-state index contributed by atoms with van der Waals surface area (Å²) in [5, 5.41) is 14.2. The van der Waals surface area contributed by atoms with Gasteiger partial charge >= 0.3 is 0 Å². The zero-order valence-electron chi connectivity index (χ0n) is 10.2. The molecule has 4 heteroatoms. The monoisotopic (exact) mass is 255 g/mol. The van der Waals surface area contributed by atoms with E-state index in [9.17, 15) is 5.11 Å². The number of ether oxygens (including phenoxy) is 1. The van der Waals surface area contributed by atoms with Gasteiger partial charge < -0.3 is 15.2 Å². The Morgan fingerprint density at radius 1 is 1.53 bits per heavy atom. The Balaban J connectivity index is 2.46. The quantitative estimate of drug-likeness (QED) is 0.854. The van der Waals surface area contributed by atoms with Gasteiger partial charge in [0.15, 0.2) is 11.5 Å². The van der Waals surface area contributed by atoms with Gasteiger partial charge in [-0.1, -0.05) is 11.6 Å². The Labute approximate surface area is 107 Å². The average molecular weight is 256 g/mol. The average Bonchev–Trinajstić information content (AvgIpc) is 2.35. The minimum absolute atomic E-state index is 0.191. The van der Waals surface area contributed by atoms with Crippen molar-refractivity contribution in [2.45, 2.75) is 25.7 Å². The molecular weight excluding hydrogens is 238 g/mol. The second kappa shape index (κ2) is 5.15. The predicted molar refractivity (Wildman–Crippen MR) is 69.3 cm³/mol. The largest absolute Gasteiger partial charge is 0.504 e. The van der Waals surface area contributed by atoms with Crippen LogP contribution >= 0.6 is 11.6 Å². The van der Waals surface area contributed by atoms with Gasteiger partial charge in [0, 0.05) is 18.0 Å². The Kier molecular flexibility index (Phi) is 3.79. The fraction of sp³-hybridized carbons (Fsp3) is 0.538. The van der Waals surface area contributed by atoms with Crippen molar-refractivity contribution in [1.82, 2.24) is 5.32 Å². The molecule has 1 aromatic carbocycles. The van der Waals surface area contributed by atoms with Crippen molar-refractivity contribution in [3.05, 3.63) is 22.2 Å². The van der Waals surface area contributed by atoms with E-state index in [2.05, 4.69) is 5.32 Å². The molecule has 1 atom stereocenters. The van der Waals surface area contributed by atoms with Crippen molar-refractivity contribution in [3.63, 3.8) is 0 Å².